The second-order valence-electron chi connectivity index (χ2n) is 9.61. The maximum Gasteiger partial charge on any atom is 0.410 e. The van der Waals surface area contributed by atoms with Crippen molar-refractivity contribution in [2.24, 2.45) is 5.73 Å². The molecule has 2 N–H and O–H groups in total. The first-order valence-electron chi connectivity index (χ1n) is 11.8. The Morgan fingerprint density at radius 2 is 1.81 bits per heavy atom. The van der Waals surface area contributed by atoms with Crippen molar-refractivity contribution in [3.8, 4) is 0 Å². The van der Waals surface area contributed by atoms with E-state index < -0.39 is 17.5 Å². The summed E-state index contributed by atoms with van der Waals surface area (Å²) >= 11 is 0. The fourth-order valence-electron chi connectivity index (χ4n) is 3.89. The summed E-state index contributed by atoms with van der Waals surface area (Å²) in [5, 5.41) is 0.616. The van der Waals surface area contributed by atoms with Gasteiger partial charge in [0.1, 0.15) is 5.60 Å². The zero-order valence-electron chi connectivity index (χ0n) is 22.0. The van der Waals surface area contributed by atoms with Gasteiger partial charge in [0.15, 0.2) is 0 Å². The first kappa shape index (κ1) is 29.6. The molecule has 0 unspecified atom stereocenters. The normalized spacial score (nSPS) is 14.2. The molecule has 0 atom stereocenters. The fourth-order valence-corrected chi connectivity index (χ4v) is 3.89. The number of carbonyl (C=O) groups excluding carboxylic acids is 3. The van der Waals surface area contributed by atoms with Gasteiger partial charge in [-0.3, -0.25) is 14.7 Å². The number of nitrogens with zero attached hydrogens (tertiary/aromatic N) is 4. The van der Waals surface area contributed by atoms with Crippen LogP contribution in [-0.4, -0.2) is 110 Å². The zero-order valence-corrected chi connectivity index (χ0v) is 22.0. The minimum absolute atomic E-state index is 0. The average molecular weight is 493 g/mol. The number of pyridine rings is 1. The molecule has 1 aromatic heterocycles. The summed E-state index contributed by atoms with van der Waals surface area (Å²) in [6.45, 7) is 9.94. The monoisotopic (exact) mass is 492 g/mol. The van der Waals surface area contributed by atoms with Gasteiger partial charge in [-0.1, -0.05) is 0 Å². The Morgan fingerprint density at radius 3 is 2.44 bits per heavy atom. The number of fused-ring (bicyclic) bond motifs is 1. The minimum atomic E-state index is -0.778. The van der Waals surface area contributed by atoms with Gasteiger partial charge in [-0.2, -0.15) is 0 Å². The molecule has 36 heavy (non-hydrogen) atoms. The molecular formula is C25H35LiN5O5. The van der Waals surface area contributed by atoms with Crippen LogP contribution in [0.25, 0.3) is 10.9 Å². The molecule has 3 rings (SSSR count). The van der Waals surface area contributed by atoms with E-state index in [1.807, 2.05) is 46.0 Å². The van der Waals surface area contributed by atoms with Crippen molar-refractivity contribution in [1.29, 1.82) is 0 Å². The predicted molar refractivity (Wildman–Crippen MR) is 139 cm³/mol. The summed E-state index contributed by atoms with van der Waals surface area (Å²) < 4.78 is 10.2. The van der Waals surface area contributed by atoms with Gasteiger partial charge in [0.25, 0.3) is 0 Å². The van der Waals surface area contributed by atoms with Crippen molar-refractivity contribution in [3.63, 3.8) is 0 Å². The number of esters is 2. The van der Waals surface area contributed by atoms with E-state index in [-0.39, 0.29) is 37.1 Å². The number of piperazine rings is 1. The van der Waals surface area contributed by atoms with E-state index in [4.69, 9.17) is 15.2 Å². The number of ether oxygens (including phenoxy) is 2. The van der Waals surface area contributed by atoms with E-state index in [2.05, 4.69) is 14.8 Å². The molecule has 2 aromatic rings. The van der Waals surface area contributed by atoms with Crippen LogP contribution >= 0.6 is 0 Å². The molecule has 1 saturated heterocycles. The van der Waals surface area contributed by atoms with Gasteiger partial charge >= 0.3 is 18.0 Å². The smallest absolute Gasteiger partial charge is 0.410 e. The largest absolute Gasteiger partial charge is 0.444 e. The summed E-state index contributed by atoms with van der Waals surface area (Å²) in [6.07, 6.45) is 2.20. The molecule has 1 aliphatic heterocycles. The third-order valence-electron chi connectivity index (χ3n) is 5.75. The number of amides is 1. The van der Waals surface area contributed by atoms with Gasteiger partial charge in [0, 0.05) is 75.9 Å². The average Bonchev–Trinajstić information content (AvgIpc) is 2.82. The topological polar surface area (TPSA) is 118 Å². The number of hydrogen-bond acceptors (Lipinski definition) is 9. The van der Waals surface area contributed by atoms with Gasteiger partial charge in [0.05, 0.1) is 17.6 Å². The van der Waals surface area contributed by atoms with Gasteiger partial charge in [-0.25, -0.2) is 9.59 Å². The second-order valence-corrected chi connectivity index (χ2v) is 9.61. The molecule has 0 bridgehead atoms. The van der Waals surface area contributed by atoms with E-state index in [0.717, 1.165) is 38.3 Å². The number of aromatic nitrogens is 1. The number of hydrogen-bond donors (Lipinski definition) is 1. The molecule has 0 saturated carbocycles. The van der Waals surface area contributed by atoms with Crippen LogP contribution in [0.2, 0.25) is 0 Å². The SMILES string of the molecule is CN(CCCN1CCN(C(=O)OC(C)(C)C)CC1)c1ccc2nccc(C(=O)OC(=O)CN)c2c1.[Li]. The Labute approximate surface area is 224 Å². The van der Waals surface area contributed by atoms with Crippen molar-refractivity contribution in [3.05, 3.63) is 36.0 Å². The summed E-state index contributed by atoms with van der Waals surface area (Å²) in [5.74, 6) is -1.52. The second kappa shape index (κ2) is 13.1. The van der Waals surface area contributed by atoms with Crippen LogP contribution in [0.1, 0.15) is 37.6 Å². The molecule has 1 fully saturated rings. The van der Waals surface area contributed by atoms with Crippen LogP contribution < -0.4 is 10.6 Å². The van der Waals surface area contributed by atoms with E-state index in [1.165, 1.54) is 12.3 Å². The third-order valence-corrected chi connectivity index (χ3v) is 5.75. The number of carbonyl (C=O) groups is 3. The van der Waals surface area contributed by atoms with Gasteiger partial charge < -0.3 is 25.0 Å². The van der Waals surface area contributed by atoms with Crippen LogP contribution in [0.5, 0.6) is 0 Å². The van der Waals surface area contributed by atoms with Crippen LogP contribution in [0.15, 0.2) is 30.5 Å². The third kappa shape index (κ3) is 8.20. The number of nitrogens with two attached hydrogens (primary N) is 1. The molecular weight excluding hydrogens is 457 g/mol. The number of anilines is 1. The summed E-state index contributed by atoms with van der Waals surface area (Å²) in [6, 6.07) is 7.22. The molecule has 11 heteroatoms. The van der Waals surface area contributed by atoms with E-state index in [9.17, 15) is 14.4 Å². The van der Waals surface area contributed by atoms with Crippen LogP contribution in [0.4, 0.5) is 10.5 Å². The molecule has 1 radical (unpaired) electrons. The molecule has 0 spiro atoms. The van der Waals surface area contributed by atoms with Gasteiger partial charge in [-0.15, -0.1) is 0 Å². The maximum absolute atomic E-state index is 12.4. The van der Waals surface area contributed by atoms with Crippen molar-refractivity contribution < 1.29 is 23.9 Å². The van der Waals surface area contributed by atoms with Crippen molar-refractivity contribution in [1.82, 2.24) is 14.8 Å². The first-order chi connectivity index (χ1) is 16.6. The Kier molecular flexibility index (Phi) is 10.7. The predicted octanol–water partition coefficient (Wildman–Crippen LogP) is 1.88. The molecule has 2 heterocycles. The van der Waals surface area contributed by atoms with Crippen LogP contribution in [-0.2, 0) is 14.3 Å². The van der Waals surface area contributed by atoms with Crippen molar-refractivity contribution >= 4 is 53.5 Å². The summed E-state index contributed by atoms with van der Waals surface area (Å²) in [4.78, 5) is 46.6. The van der Waals surface area contributed by atoms with Gasteiger partial charge in [-0.05, 0) is 58.0 Å². The number of rotatable bonds is 7. The molecule has 191 valence electrons. The van der Waals surface area contributed by atoms with Gasteiger partial charge in [0.2, 0.25) is 0 Å². The molecule has 1 aromatic carbocycles. The van der Waals surface area contributed by atoms with E-state index >= 15 is 0 Å². The van der Waals surface area contributed by atoms with Crippen molar-refractivity contribution in [2.45, 2.75) is 32.8 Å². The zero-order chi connectivity index (χ0) is 25.6. The Balaban J connectivity index is 0.00000456. The molecule has 1 aliphatic rings. The molecule has 0 aliphatic carbocycles. The van der Waals surface area contributed by atoms with E-state index in [1.54, 1.807) is 4.90 Å². The first-order valence-corrected chi connectivity index (χ1v) is 11.8. The van der Waals surface area contributed by atoms with Crippen molar-refractivity contribution in [2.75, 3.05) is 57.8 Å². The van der Waals surface area contributed by atoms with E-state index in [0.29, 0.717) is 24.0 Å². The Morgan fingerprint density at radius 1 is 1.11 bits per heavy atom. The Hall–Kier alpha value is -2.64. The van der Waals surface area contributed by atoms with Crippen LogP contribution in [0.3, 0.4) is 0 Å². The maximum atomic E-state index is 12.4. The minimum Gasteiger partial charge on any atom is -0.444 e. The quantitative estimate of drug-likeness (QED) is 0.351. The molecule has 10 nitrogen and oxygen atoms in total. The summed E-state index contributed by atoms with van der Waals surface area (Å²) in [5.41, 5.74) is 6.60. The fraction of sp³-hybridized carbons (Fsp3) is 0.520. The Bertz CT molecular complexity index is 1070. The number of benzene rings is 1. The standard InChI is InChI=1S/C25H35N5O5.Li/c1-25(2,3)35-24(33)30-14-12-29(13-15-30)11-5-10-28(4)18-6-7-21-20(16-18)19(8-9-27-21)23(32)34-22(31)17-26;/h6-9,16H,5,10-15,17,26H2,1-4H3;. The molecule has 1 amide bonds. The van der Waals surface area contributed by atoms with Crippen LogP contribution in [0, 0.1) is 0 Å². The summed E-state index contributed by atoms with van der Waals surface area (Å²) in [7, 11) is 1.99.